The van der Waals surface area contributed by atoms with Gasteiger partial charge in [0, 0.05) is 23.3 Å². The molecule has 2 saturated carbocycles. The van der Waals surface area contributed by atoms with Crippen LogP contribution in [0.3, 0.4) is 0 Å². The van der Waals surface area contributed by atoms with Gasteiger partial charge in [-0.15, -0.1) is 0 Å². The monoisotopic (exact) mass is 463 g/mol. The number of hydrogen-bond donors (Lipinski definition) is 2. The molecule has 1 aliphatic heterocycles. The van der Waals surface area contributed by atoms with Crippen LogP contribution in [0.5, 0.6) is 0 Å². The fourth-order valence-corrected chi connectivity index (χ4v) is 5.11. The molecule has 9 nitrogen and oxygen atoms in total. The lowest BCUT2D eigenvalue weighted by molar-refractivity contribution is -0.134. The molecule has 2 fully saturated rings. The Morgan fingerprint density at radius 1 is 1.06 bits per heavy atom. The molecule has 1 atom stereocenters. The van der Waals surface area contributed by atoms with E-state index in [0.717, 1.165) is 38.5 Å². The van der Waals surface area contributed by atoms with Gasteiger partial charge in [-0.25, -0.2) is 4.98 Å². The number of carbonyl (C=O) groups excluding carboxylic acids is 4. The average Bonchev–Trinajstić information content (AvgIpc) is 3.31. The molecule has 5 rings (SSSR count). The second-order valence-corrected chi connectivity index (χ2v) is 9.79. The molecule has 0 saturated heterocycles. The van der Waals surface area contributed by atoms with Gasteiger partial charge in [-0.05, 0) is 63.8 Å². The van der Waals surface area contributed by atoms with Crippen LogP contribution in [0.25, 0.3) is 0 Å². The molecule has 0 radical (unpaired) electrons. The van der Waals surface area contributed by atoms with Gasteiger partial charge in [-0.1, -0.05) is 12.8 Å². The highest BCUT2D eigenvalue weighted by Gasteiger charge is 2.54. The normalized spacial score (nSPS) is 22.4. The molecule has 2 N–H and O–H groups in total. The Labute approximate surface area is 197 Å². The molecule has 2 aliphatic carbocycles. The van der Waals surface area contributed by atoms with Gasteiger partial charge in [0.2, 0.25) is 5.91 Å². The maximum Gasteiger partial charge on any atom is 0.276 e. The molecule has 2 aromatic rings. The summed E-state index contributed by atoms with van der Waals surface area (Å²) in [5.74, 6) is -1.05. The summed E-state index contributed by atoms with van der Waals surface area (Å²) in [7, 11) is 0. The third kappa shape index (κ3) is 3.89. The number of fused-ring (bicyclic) bond motifs is 1. The first-order valence-electron chi connectivity index (χ1n) is 11.9. The van der Waals surface area contributed by atoms with Gasteiger partial charge in [-0.2, -0.15) is 0 Å². The minimum Gasteiger partial charge on any atom is -0.351 e. The minimum atomic E-state index is -1.04. The SMILES string of the molecule is CC(=O)c1ccc(NC(=O)c2ncn3c2C(=O)N(C2CC2)[C@@](C)(C(=O)NC2CCCC2)C3)cc1. The number of nitrogens with zero attached hydrogens (tertiary/aromatic N) is 3. The highest BCUT2D eigenvalue weighted by atomic mass is 16.2. The summed E-state index contributed by atoms with van der Waals surface area (Å²) in [4.78, 5) is 57.5. The zero-order chi connectivity index (χ0) is 24.0. The van der Waals surface area contributed by atoms with Gasteiger partial charge in [0.15, 0.2) is 11.5 Å². The lowest BCUT2D eigenvalue weighted by atomic mass is 9.93. The van der Waals surface area contributed by atoms with Crippen LogP contribution in [0, 0.1) is 0 Å². The smallest absolute Gasteiger partial charge is 0.276 e. The Morgan fingerprint density at radius 2 is 1.74 bits per heavy atom. The van der Waals surface area contributed by atoms with E-state index in [2.05, 4.69) is 15.6 Å². The average molecular weight is 464 g/mol. The quantitative estimate of drug-likeness (QED) is 0.640. The van der Waals surface area contributed by atoms with Crippen molar-refractivity contribution in [2.75, 3.05) is 5.32 Å². The molecule has 178 valence electrons. The number of benzene rings is 1. The number of Topliss-reactive ketones (excluding diaryl/α,β-unsaturated/α-hetero) is 1. The van der Waals surface area contributed by atoms with Crippen molar-refractivity contribution in [3.8, 4) is 0 Å². The Hall–Kier alpha value is -3.49. The third-order valence-corrected chi connectivity index (χ3v) is 7.12. The fraction of sp³-hybridized carbons (Fsp3) is 0.480. The molecule has 1 aromatic heterocycles. The highest BCUT2D eigenvalue weighted by Crippen LogP contribution is 2.39. The van der Waals surface area contributed by atoms with Crippen molar-refractivity contribution >= 4 is 29.2 Å². The largest absolute Gasteiger partial charge is 0.351 e. The van der Waals surface area contributed by atoms with E-state index in [1.165, 1.54) is 13.3 Å². The van der Waals surface area contributed by atoms with Crippen molar-refractivity contribution in [3.63, 3.8) is 0 Å². The Kier molecular flexibility index (Phi) is 5.50. The number of carbonyl (C=O) groups is 4. The molecule has 0 unspecified atom stereocenters. The maximum atomic E-state index is 13.7. The number of hydrogen-bond acceptors (Lipinski definition) is 5. The number of aromatic nitrogens is 2. The van der Waals surface area contributed by atoms with Gasteiger partial charge in [-0.3, -0.25) is 19.2 Å². The van der Waals surface area contributed by atoms with Gasteiger partial charge in [0.05, 0.1) is 12.9 Å². The standard InChI is InChI=1S/C25H29N5O4/c1-15(31)16-7-9-18(10-8-16)27-22(32)20-21-23(33)30(19-11-12-19)25(2,13-29(21)14-26-20)24(34)28-17-5-3-4-6-17/h7-10,14,17,19H,3-6,11-13H2,1-2H3,(H,27,32)(H,28,34)/t25-/m1/s1. The molecular formula is C25H29N5O4. The first-order chi connectivity index (χ1) is 16.3. The predicted octanol–water partition coefficient (Wildman–Crippen LogP) is 2.77. The summed E-state index contributed by atoms with van der Waals surface area (Å²) in [6.45, 7) is 3.54. The number of ketones is 1. The Morgan fingerprint density at radius 3 is 2.35 bits per heavy atom. The molecule has 9 heteroatoms. The molecule has 3 aliphatic rings. The molecular weight excluding hydrogens is 434 g/mol. The van der Waals surface area contributed by atoms with E-state index in [1.807, 2.05) is 6.92 Å². The van der Waals surface area contributed by atoms with Gasteiger partial charge in [0.1, 0.15) is 11.2 Å². The van der Waals surface area contributed by atoms with Crippen LogP contribution in [0.15, 0.2) is 30.6 Å². The lowest BCUT2D eigenvalue weighted by Crippen LogP contribution is -2.65. The van der Waals surface area contributed by atoms with Gasteiger partial charge >= 0.3 is 0 Å². The number of imidazole rings is 1. The minimum absolute atomic E-state index is 0.00878. The first kappa shape index (κ1) is 22.3. The predicted molar refractivity (Wildman–Crippen MR) is 125 cm³/mol. The lowest BCUT2D eigenvalue weighted by Gasteiger charge is -2.44. The van der Waals surface area contributed by atoms with Crippen molar-refractivity contribution < 1.29 is 19.2 Å². The Balaban J connectivity index is 1.41. The summed E-state index contributed by atoms with van der Waals surface area (Å²) >= 11 is 0. The van der Waals surface area contributed by atoms with Crippen LogP contribution < -0.4 is 10.6 Å². The second-order valence-electron chi connectivity index (χ2n) is 9.79. The number of amides is 3. The van der Waals surface area contributed by atoms with Crippen LogP contribution in [0.1, 0.15) is 83.7 Å². The maximum absolute atomic E-state index is 13.7. The summed E-state index contributed by atoms with van der Waals surface area (Å²) in [5.41, 5.74) is 0.244. The molecule has 34 heavy (non-hydrogen) atoms. The van der Waals surface area contributed by atoms with Crippen LogP contribution >= 0.6 is 0 Å². The van der Waals surface area contributed by atoms with Gasteiger partial charge in [0.25, 0.3) is 11.8 Å². The van der Waals surface area contributed by atoms with Crippen molar-refractivity contribution in [1.29, 1.82) is 0 Å². The molecule has 0 spiro atoms. The molecule has 0 bridgehead atoms. The van der Waals surface area contributed by atoms with E-state index < -0.39 is 11.4 Å². The second kappa shape index (κ2) is 8.38. The van der Waals surface area contributed by atoms with Crippen LogP contribution in [0.2, 0.25) is 0 Å². The molecule has 1 aromatic carbocycles. The van der Waals surface area contributed by atoms with E-state index in [-0.39, 0.29) is 47.6 Å². The number of rotatable bonds is 6. The highest BCUT2D eigenvalue weighted by molar-refractivity contribution is 6.11. The zero-order valence-corrected chi connectivity index (χ0v) is 19.5. The summed E-state index contributed by atoms with van der Waals surface area (Å²) < 4.78 is 1.63. The van der Waals surface area contributed by atoms with E-state index in [1.54, 1.807) is 33.7 Å². The first-order valence-corrected chi connectivity index (χ1v) is 11.9. The molecule has 3 amide bonds. The number of nitrogens with one attached hydrogen (secondary N) is 2. The van der Waals surface area contributed by atoms with Crippen LogP contribution in [-0.2, 0) is 11.3 Å². The summed E-state index contributed by atoms with van der Waals surface area (Å²) in [6, 6.07) is 6.69. The molecule has 2 heterocycles. The van der Waals surface area contributed by atoms with E-state index in [4.69, 9.17) is 0 Å². The van der Waals surface area contributed by atoms with Crippen LogP contribution in [-0.4, -0.2) is 55.6 Å². The van der Waals surface area contributed by atoms with E-state index in [0.29, 0.717) is 11.3 Å². The van der Waals surface area contributed by atoms with Crippen molar-refractivity contribution in [2.24, 2.45) is 0 Å². The topological polar surface area (TPSA) is 113 Å². The zero-order valence-electron chi connectivity index (χ0n) is 19.5. The summed E-state index contributed by atoms with van der Waals surface area (Å²) in [6.07, 6.45) is 7.29. The van der Waals surface area contributed by atoms with E-state index >= 15 is 0 Å². The third-order valence-electron chi connectivity index (χ3n) is 7.12. The Bertz CT molecular complexity index is 1160. The van der Waals surface area contributed by atoms with E-state index in [9.17, 15) is 19.2 Å². The fourth-order valence-electron chi connectivity index (χ4n) is 5.11. The van der Waals surface area contributed by atoms with Gasteiger partial charge < -0.3 is 20.1 Å². The van der Waals surface area contributed by atoms with Crippen molar-refractivity contribution in [3.05, 3.63) is 47.5 Å². The van der Waals surface area contributed by atoms with Crippen molar-refractivity contribution in [2.45, 2.75) is 76.5 Å². The van der Waals surface area contributed by atoms with Crippen LogP contribution in [0.4, 0.5) is 5.69 Å². The van der Waals surface area contributed by atoms with Crippen molar-refractivity contribution in [1.82, 2.24) is 19.8 Å². The summed E-state index contributed by atoms with van der Waals surface area (Å²) in [5, 5.41) is 5.91. The number of anilines is 1.